The van der Waals surface area contributed by atoms with Crippen LogP contribution in [0.15, 0.2) is 4.42 Å². The predicted octanol–water partition coefficient (Wildman–Crippen LogP) is 1.88. The number of rotatable bonds is 0. The van der Waals surface area contributed by atoms with E-state index in [1.54, 1.807) is 0 Å². The van der Waals surface area contributed by atoms with Crippen LogP contribution in [-0.2, 0) is 13.0 Å². The molecule has 0 saturated heterocycles. The molecule has 0 radical (unpaired) electrons. The fourth-order valence-corrected chi connectivity index (χ4v) is 1.79. The Morgan fingerprint density at radius 3 is 2.83 bits per heavy atom. The summed E-state index contributed by atoms with van der Waals surface area (Å²) in [5, 5.41) is 0. The molecule has 0 bridgehead atoms. The number of fused-ring (bicyclic) bond motifs is 1. The summed E-state index contributed by atoms with van der Waals surface area (Å²) in [4.78, 5) is 2.34. The lowest BCUT2D eigenvalue weighted by atomic mass is 10.0. The van der Waals surface area contributed by atoms with Crippen molar-refractivity contribution in [1.29, 1.82) is 0 Å². The summed E-state index contributed by atoms with van der Waals surface area (Å²) >= 11 is 0. The maximum atomic E-state index is 5.66. The van der Waals surface area contributed by atoms with Crippen LogP contribution in [0.1, 0.15) is 22.6 Å². The molecule has 2 rings (SSSR count). The van der Waals surface area contributed by atoms with Crippen LogP contribution in [0.3, 0.4) is 0 Å². The van der Waals surface area contributed by atoms with Gasteiger partial charge in [0.2, 0.25) is 0 Å². The molecule has 2 nitrogen and oxygen atoms in total. The molecule has 1 aliphatic rings. The Kier molecular flexibility index (Phi) is 1.72. The van der Waals surface area contributed by atoms with Gasteiger partial charge in [-0.1, -0.05) is 0 Å². The molecule has 0 amide bonds. The average Bonchev–Trinajstić information content (AvgIpc) is 2.31. The van der Waals surface area contributed by atoms with E-state index in [-0.39, 0.29) is 0 Å². The van der Waals surface area contributed by atoms with E-state index in [2.05, 4.69) is 18.9 Å². The molecule has 0 unspecified atom stereocenters. The van der Waals surface area contributed by atoms with E-state index < -0.39 is 0 Å². The number of nitrogens with zero attached hydrogens (tertiary/aromatic N) is 1. The van der Waals surface area contributed by atoms with Crippen LogP contribution in [0.2, 0.25) is 0 Å². The van der Waals surface area contributed by atoms with Gasteiger partial charge in [-0.15, -0.1) is 0 Å². The van der Waals surface area contributed by atoms with E-state index in [0.717, 1.165) is 25.3 Å². The van der Waals surface area contributed by atoms with Gasteiger partial charge >= 0.3 is 0 Å². The van der Waals surface area contributed by atoms with Gasteiger partial charge in [0.25, 0.3) is 0 Å². The van der Waals surface area contributed by atoms with Gasteiger partial charge in [-0.05, 0) is 26.5 Å². The van der Waals surface area contributed by atoms with Crippen LogP contribution in [0.25, 0.3) is 0 Å². The lowest BCUT2D eigenvalue weighted by Crippen LogP contribution is -2.25. The topological polar surface area (TPSA) is 16.4 Å². The Hall–Kier alpha value is -0.760. The summed E-state index contributed by atoms with van der Waals surface area (Å²) in [5.41, 5.74) is 2.76. The normalized spacial score (nSPS) is 17.9. The van der Waals surface area contributed by atoms with Gasteiger partial charge in [0.1, 0.15) is 11.5 Å². The van der Waals surface area contributed by atoms with Gasteiger partial charge in [0, 0.05) is 25.1 Å². The molecule has 12 heavy (non-hydrogen) atoms. The SMILES string of the molecule is Cc1oc2c(c1C)CN(C)CC2. The largest absolute Gasteiger partial charge is 0.466 e. The Bertz CT molecular complexity index is 301. The van der Waals surface area contributed by atoms with E-state index >= 15 is 0 Å². The summed E-state index contributed by atoms with van der Waals surface area (Å²) in [5.74, 6) is 2.30. The quantitative estimate of drug-likeness (QED) is 0.583. The first-order valence-electron chi connectivity index (χ1n) is 4.45. The molecule has 1 aromatic rings. The number of hydrogen-bond acceptors (Lipinski definition) is 2. The van der Waals surface area contributed by atoms with Gasteiger partial charge in [-0.2, -0.15) is 0 Å². The predicted molar refractivity (Wildman–Crippen MR) is 48.2 cm³/mol. The number of hydrogen-bond donors (Lipinski definition) is 0. The highest BCUT2D eigenvalue weighted by molar-refractivity contribution is 5.33. The average molecular weight is 165 g/mol. The second-order valence-corrected chi connectivity index (χ2v) is 3.67. The molecule has 0 atom stereocenters. The van der Waals surface area contributed by atoms with Crippen LogP contribution >= 0.6 is 0 Å². The third kappa shape index (κ3) is 1.07. The molecule has 1 aliphatic heterocycles. The summed E-state index contributed by atoms with van der Waals surface area (Å²) in [6, 6.07) is 0. The molecule has 2 heterocycles. The van der Waals surface area contributed by atoms with Crippen LogP contribution < -0.4 is 0 Å². The van der Waals surface area contributed by atoms with Gasteiger partial charge in [-0.25, -0.2) is 0 Å². The summed E-state index contributed by atoms with van der Waals surface area (Å²) in [6.45, 7) is 6.38. The lowest BCUT2D eigenvalue weighted by Gasteiger charge is -2.21. The molecule has 2 heteroatoms. The van der Waals surface area contributed by atoms with Crippen molar-refractivity contribution in [2.24, 2.45) is 0 Å². The molecule has 0 fully saturated rings. The van der Waals surface area contributed by atoms with Crippen LogP contribution in [0.4, 0.5) is 0 Å². The first-order valence-corrected chi connectivity index (χ1v) is 4.45. The standard InChI is InChI=1S/C10H15NO/c1-7-8(2)12-10-4-5-11(3)6-9(7)10/h4-6H2,1-3H3. The van der Waals surface area contributed by atoms with E-state index in [9.17, 15) is 0 Å². The fourth-order valence-electron chi connectivity index (χ4n) is 1.79. The van der Waals surface area contributed by atoms with Crippen molar-refractivity contribution in [2.45, 2.75) is 26.8 Å². The minimum Gasteiger partial charge on any atom is -0.466 e. The van der Waals surface area contributed by atoms with Gasteiger partial charge in [0.05, 0.1) is 0 Å². The van der Waals surface area contributed by atoms with Crippen molar-refractivity contribution in [3.05, 3.63) is 22.6 Å². The zero-order chi connectivity index (χ0) is 8.72. The fraction of sp³-hybridized carbons (Fsp3) is 0.600. The summed E-state index contributed by atoms with van der Waals surface area (Å²) in [7, 11) is 2.16. The van der Waals surface area contributed by atoms with E-state index in [4.69, 9.17) is 4.42 Å². The minimum absolute atomic E-state index is 1.05. The third-order valence-electron chi connectivity index (χ3n) is 2.74. The van der Waals surface area contributed by atoms with Crippen molar-refractivity contribution < 1.29 is 4.42 Å². The van der Waals surface area contributed by atoms with Crippen molar-refractivity contribution in [2.75, 3.05) is 13.6 Å². The molecule has 0 saturated carbocycles. The molecule has 0 aromatic carbocycles. The summed E-state index contributed by atoms with van der Waals surface area (Å²) < 4.78 is 5.66. The zero-order valence-electron chi connectivity index (χ0n) is 7.98. The van der Waals surface area contributed by atoms with Crippen LogP contribution in [0.5, 0.6) is 0 Å². The van der Waals surface area contributed by atoms with Crippen molar-refractivity contribution in [3.8, 4) is 0 Å². The van der Waals surface area contributed by atoms with Gasteiger partial charge < -0.3 is 9.32 Å². The number of furan rings is 1. The molecule has 66 valence electrons. The molecular weight excluding hydrogens is 150 g/mol. The highest BCUT2D eigenvalue weighted by Crippen LogP contribution is 2.26. The second-order valence-electron chi connectivity index (χ2n) is 3.67. The number of aryl methyl sites for hydroxylation is 1. The third-order valence-corrected chi connectivity index (χ3v) is 2.74. The maximum Gasteiger partial charge on any atom is 0.110 e. The summed E-state index contributed by atoms with van der Waals surface area (Å²) in [6.07, 6.45) is 1.07. The molecule has 1 aromatic heterocycles. The monoisotopic (exact) mass is 165 g/mol. The Balaban J connectivity index is 2.44. The first-order chi connectivity index (χ1) is 5.68. The Labute approximate surface area is 73.2 Å². The molecule has 0 aliphatic carbocycles. The Morgan fingerprint density at radius 2 is 2.08 bits per heavy atom. The molecule has 0 N–H and O–H groups in total. The van der Waals surface area contributed by atoms with Crippen molar-refractivity contribution in [3.63, 3.8) is 0 Å². The van der Waals surface area contributed by atoms with Gasteiger partial charge in [-0.3, -0.25) is 0 Å². The van der Waals surface area contributed by atoms with Crippen LogP contribution in [-0.4, -0.2) is 18.5 Å². The van der Waals surface area contributed by atoms with E-state index in [1.807, 2.05) is 6.92 Å². The van der Waals surface area contributed by atoms with E-state index in [0.29, 0.717) is 0 Å². The van der Waals surface area contributed by atoms with Crippen molar-refractivity contribution >= 4 is 0 Å². The van der Waals surface area contributed by atoms with Crippen LogP contribution in [0, 0.1) is 13.8 Å². The molecular formula is C10H15NO. The number of likely N-dealkylation sites (N-methyl/N-ethyl adjacent to an activating group) is 1. The lowest BCUT2D eigenvalue weighted by molar-refractivity contribution is 0.292. The van der Waals surface area contributed by atoms with Gasteiger partial charge in [0.15, 0.2) is 0 Å². The van der Waals surface area contributed by atoms with E-state index in [1.165, 1.54) is 16.9 Å². The minimum atomic E-state index is 1.05. The van der Waals surface area contributed by atoms with Crippen molar-refractivity contribution in [1.82, 2.24) is 4.90 Å². The first kappa shape index (κ1) is 7.87. The smallest absolute Gasteiger partial charge is 0.110 e. The zero-order valence-corrected chi connectivity index (χ0v) is 7.98. The highest BCUT2D eigenvalue weighted by atomic mass is 16.3. The molecule has 0 spiro atoms. The highest BCUT2D eigenvalue weighted by Gasteiger charge is 2.20. The second kappa shape index (κ2) is 2.63. The Morgan fingerprint density at radius 1 is 1.33 bits per heavy atom. The maximum absolute atomic E-state index is 5.66.